The summed E-state index contributed by atoms with van der Waals surface area (Å²) >= 11 is 0. The Balaban J connectivity index is 0.991. The summed E-state index contributed by atoms with van der Waals surface area (Å²) in [6.45, 7) is 2.58. The molecule has 0 aromatic heterocycles. The lowest BCUT2D eigenvalue weighted by atomic mass is 9.94. The van der Waals surface area contributed by atoms with Crippen molar-refractivity contribution in [1.29, 1.82) is 0 Å². The van der Waals surface area contributed by atoms with E-state index >= 15 is 0 Å². The minimum absolute atomic E-state index is 0.133. The number of rotatable bonds is 8. The predicted molar refractivity (Wildman–Crippen MR) is 150 cm³/mol. The number of benzene rings is 2. The molecule has 0 radical (unpaired) electrons. The lowest BCUT2D eigenvalue weighted by Crippen LogP contribution is -2.47. The first-order valence-corrected chi connectivity index (χ1v) is 14.9. The van der Waals surface area contributed by atoms with Gasteiger partial charge < -0.3 is 23.8 Å². The topological polar surface area (TPSA) is 77.5 Å². The van der Waals surface area contributed by atoms with Gasteiger partial charge in [-0.2, -0.15) is 0 Å². The van der Waals surface area contributed by atoms with Crippen molar-refractivity contribution in [3.63, 3.8) is 0 Å². The molecule has 8 nitrogen and oxygen atoms in total. The molecule has 0 bridgehead atoms. The molecule has 216 valence electrons. The highest BCUT2D eigenvalue weighted by atomic mass is 16.6. The van der Waals surface area contributed by atoms with Crippen molar-refractivity contribution >= 4 is 12.2 Å². The van der Waals surface area contributed by atoms with Gasteiger partial charge in [0, 0.05) is 19.6 Å². The van der Waals surface area contributed by atoms with E-state index in [9.17, 15) is 9.59 Å². The van der Waals surface area contributed by atoms with Gasteiger partial charge in [0.15, 0.2) is 0 Å². The average Bonchev–Trinajstić information content (AvgIpc) is 3.01. The van der Waals surface area contributed by atoms with E-state index in [1.807, 2.05) is 60.7 Å². The first-order chi connectivity index (χ1) is 19.6. The maximum Gasteiger partial charge on any atom is 0.412 e. The quantitative estimate of drug-likeness (QED) is 0.385. The Morgan fingerprint density at radius 1 is 0.600 bits per heavy atom. The minimum Gasteiger partial charge on any atom is -0.445 e. The lowest BCUT2D eigenvalue weighted by Gasteiger charge is -2.39. The van der Waals surface area contributed by atoms with E-state index < -0.39 is 0 Å². The van der Waals surface area contributed by atoms with Crippen LogP contribution in [0, 0.1) is 0 Å². The van der Waals surface area contributed by atoms with Gasteiger partial charge in [-0.1, -0.05) is 60.7 Å². The third-order valence-electron chi connectivity index (χ3n) is 8.15. The van der Waals surface area contributed by atoms with E-state index in [2.05, 4.69) is 0 Å². The van der Waals surface area contributed by atoms with Gasteiger partial charge in [0.1, 0.15) is 19.4 Å². The van der Waals surface area contributed by atoms with E-state index in [1.54, 1.807) is 9.80 Å². The molecule has 2 heterocycles. The third-order valence-corrected chi connectivity index (χ3v) is 8.15. The monoisotopic (exact) mass is 550 g/mol. The Hall–Kier alpha value is -3.10. The summed E-state index contributed by atoms with van der Waals surface area (Å²) in [7, 11) is 0. The molecule has 1 atom stereocenters. The molecule has 1 unspecified atom stereocenters. The molecule has 0 spiro atoms. The standard InChI is InChI=1S/C32H42N2O6/c35-31(37-23-25-9-3-1-4-10-25)33-21-18-29(19-22-33)39-27-14-16-28(17-15-27)40-30-13-7-8-20-34(30)32(36)38-24-26-11-5-2-6-12-26/h1-6,9-12,27-30H,7-8,13-24H2. The average molecular weight is 551 g/mol. The van der Waals surface area contributed by atoms with Crippen LogP contribution in [-0.2, 0) is 32.2 Å². The van der Waals surface area contributed by atoms with Crippen LogP contribution >= 0.6 is 0 Å². The summed E-state index contributed by atoms with van der Waals surface area (Å²) in [6, 6.07) is 19.5. The van der Waals surface area contributed by atoms with Gasteiger partial charge in [-0.15, -0.1) is 0 Å². The Bertz CT molecular complexity index is 1050. The number of amides is 2. The van der Waals surface area contributed by atoms with Crippen molar-refractivity contribution in [3.8, 4) is 0 Å². The Morgan fingerprint density at radius 2 is 1.12 bits per heavy atom. The molecule has 3 fully saturated rings. The molecule has 2 amide bonds. The van der Waals surface area contributed by atoms with Crippen LogP contribution in [0.5, 0.6) is 0 Å². The van der Waals surface area contributed by atoms with Crippen molar-refractivity contribution in [2.24, 2.45) is 0 Å². The van der Waals surface area contributed by atoms with E-state index in [0.29, 0.717) is 26.2 Å². The van der Waals surface area contributed by atoms with Gasteiger partial charge in [-0.05, 0) is 68.9 Å². The molecule has 2 saturated heterocycles. The van der Waals surface area contributed by atoms with Gasteiger partial charge in [0.05, 0.1) is 18.3 Å². The van der Waals surface area contributed by atoms with Crippen LogP contribution in [-0.4, -0.2) is 66.2 Å². The van der Waals surface area contributed by atoms with E-state index in [4.69, 9.17) is 18.9 Å². The van der Waals surface area contributed by atoms with Crippen LogP contribution in [0.15, 0.2) is 60.7 Å². The number of nitrogens with zero attached hydrogens (tertiary/aromatic N) is 2. The molecule has 2 aromatic rings. The third kappa shape index (κ3) is 8.21. The van der Waals surface area contributed by atoms with Crippen molar-refractivity contribution < 1.29 is 28.5 Å². The summed E-state index contributed by atoms with van der Waals surface area (Å²) < 4.78 is 24.0. The fourth-order valence-corrected chi connectivity index (χ4v) is 5.84. The fraction of sp³-hybridized carbons (Fsp3) is 0.562. The van der Waals surface area contributed by atoms with E-state index in [-0.39, 0.29) is 43.3 Å². The maximum atomic E-state index is 12.8. The second kappa shape index (κ2) is 14.5. The SMILES string of the molecule is O=C(OCc1ccccc1)N1CCC(OC2CCC(OC3CCCCN3C(=O)OCc3ccccc3)CC2)CC1. The number of hydrogen-bond donors (Lipinski definition) is 0. The van der Waals surface area contributed by atoms with Crippen LogP contribution in [0.1, 0.15) is 68.9 Å². The Kier molecular flexibility index (Phi) is 10.3. The van der Waals surface area contributed by atoms with Crippen molar-refractivity contribution in [2.75, 3.05) is 19.6 Å². The van der Waals surface area contributed by atoms with E-state index in [0.717, 1.165) is 68.9 Å². The molecular formula is C32H42N2O6. The maximum absolute atomic E-state index is 12.8. The molecule has 5 rings (SSSR count). The predicted octanol–water partition coefficient (Wildman–Crippen LogP) is 6.28. The minimum atomic E-state index is -0.291. The van der Waals surface area contributed by atoms with Gasteiger partial charge >= 0.3 is 12.2 Å². The molecular weight excluding hydrogens is 508 g/mol. The molecule has 8 heteroatoms. The Labute approximate surface area is 237 Å². The highest BCUT2D eigenvalue weighted by Crippen LogP contribution is 2.30. The highest BCUT2D eigenvalue weighted by Gasteiger charge is 2.33. The molecule has 3 aliphatic rings. The molecule has 1 saturated carbocycles. The number of likely N-dealkylation sites (tertiary alicyclic amines) is 2. The number of hydrogen-bond acceptors (Lipinski definition) is 6. The molecule has 2 aromatic carbocycles. The summed E-state index contributed by atoms with van der Waals surface area (Å²) in [5, 5.41) is 0. The highest BCUT2D eigenvalue weighted by molar-refractivity contribution is 5.68. The van der Waals surface area contributed by atoms with Gasteiger partial charge in [-0.25, -0.2) is 9.59 Å². The molecule has 40 heavy (non-hydrogen) atoms. The number of carbonyl (C=O) groups is 2. The Morgan fingerprint density at radius 3 is 1.73 bits per heavy atom. The second-order valence-electron chi connectivity index (χ2n) is 11.1. The van der Waals surface area contributed by atoms with Gasteiger partial charge in [-0.3, -0.25) is 4.90 Å². The van der Waals surface area contributed by atoms with Crippen molar-refractivity contribution in [1.82, 2.24) is 9.80 Å². The normalized spacial score (nSPS) is 23.9. The number of piperidine rings is 2. The fourth-order valence-electron chi connectivity index (χ4n) is 5.84. The first-order valence-electron chi connectivity index (χ1n) is 14.9. The van der Waals surface area contributed by atoms with Gasteiger partial charge in [0.2, 0.25) is 0 Å². The van der Waals surface area contributed by atoms with E-state index in [1.165, 1.54) is 0 Å². The van der Waals surface area contributed by atoms with Gasteiger partial charge in [0.25, 0.3) is 0 Å². The zero-order valence-electron chi connectivity index (χ0n) is 23.3. The molecule has 0 N–H and O–H groups in total. The van der Waals surface area contributed by atoms with Crippen molar-refractivity contribution in [2.45, 2.75) is 95.5 Å². The summed E-state index contributed by atoms with van der Waals surface area (Å²) in [5.41, 5.74) is 1.98. The second-order valence-corrected chi connectivity index (χ2v) is 11.1. The lowest BCUT2D eigenvalue weighted by molar-refractivity contribution is -0.133. The van der Waals surface area contributed by atoms with Crippen molar-refractivity contribution in [3.05, 3.63) is 71.8 Å². The zero-order valence-corrected chi connectivity index (χ0v) is 23.3. The summed E-state index contributed by atoms with van der Waals surface area (Å²) in [6.07, 6.45) is 8.09. The van der Waals surface area contributed by atoms with Crippen LogP contribution in [0.25, 0.3) is 0 Å². The number of ether oxygens (including phenoxy) is 4. The first kappa shape index (κ1) is 28.4. The van der Waals surface area contributed by atoms with Crippen LogP contribution in [0.3, 0.4) is 0 Å². The number of carbonyl (C=O) groups excluding carboxylic acids is 2. The van der Waals surface area contributed by atoms with Crippen LogP contribution in [0.4, 0.5) is 9.59 Å². The summed E-state index contributed by atoms with van der Waals surface area (Å²) in [4.78, 5) is 28.8. The molecule has 1 aliphatic carbocycles. The zero-order chi connectivity index (χ0) is 27.6. The summed E-state index contributed by atoms with van der Waals surface area (Å²) in [5.74, 6) is 0. The van der Waals surface area contributed by atoms with Crippen LogP contribution < -0.4 is 0 Å². The smallest absolute Gasteiger partial charge is 0.412 e. The largest absolute Gasteiger partial charge is 0.445 e. The van der Waals surface area contributed by atoms with Crippen LogP contribution in [0.2, 0.25) is 0 Å². The molecule has 2 aliphatic heterocycles.